The number of nitrogens with zero attached hydrogens (tertiary/aromatic N) is 3. The lowest BCUT2D eigenvalue weighted by atomic mass is 9.59. The molecule has 1 aliphatic rings. The predicted octanol–water partition coefficient (Wildman–Crippen LogP) is 3.94. The smallest absolute Gasteiger partial charge is 0.132 e. The van der Waals surface area contributed by atoms with Gasteiger partial charge in [0.2, 0.25) is 0 Å². The molecule has 5 nitrogen and oxygen atoms in total. The molecule has 2 aromatic heterocycles. The first-order valence-electron chi connectivity index (χ1n) is 9.11. The van der Waals surface area contributed by atoms with Crippen LogP contribution in [-0.4, -0.2) is 28.3 Å². The number of hydrogen-bond acceptors (Lipinski definition) is 5. The van der Waals surface area contributed by atoms with Crippen LogP contribution in [0.15, 0.2) is 47.6 Å². The summed E-state index contributed by atoms with van der Waals surface area (Å²) >= 11 is 0. The number of pyridine rings is 2. The third kappa shape index (κ3) is 3.19. The molecule has 0 aliphatic heterocycles. The molecule has 27 heavy (non-hydrogen) atoms. The number of nitrogen functional groups attached to an aromatic ring is 1. The zero-order valence-electron chi connectivity index (χ0n) is 15.9. The summed E-state index contributed by atoms with van der Waals surface area (Å²) < 4.78 is 0. The highest BCUT2D eigenvalue weighted by atomic mass is 16.3. The van der Waals surface area contributed by atoms with Gasteiger partial charge < -0.3 is 10.8 Å². The summed E-state index contributed by atoms with van der Waals surface area (Å²) in [6.07, 6.45) is 4.96. The Kier molecular flexibility index (Phi) is 4.00. The molecule has 138 valence electrons. The fraction of sp³-hybridized carbons (Fsp3) is 0.318. The van der Waals surface area contributed by atoms with E-state index in [1.54, 1.807) is 19.5 Å². The molecule has 0 saturated heterocycles. The van der Waals surface area contributed by atoms with Crippen molar-refractivity contribution >= 4 is 22.9 Å². The molecule has 1 aliphatic carbocycles. The summed E-state index contributed by atoms with van der Waals surface area (Å²) in [6.45, 7) is 4.37. The number of benzene rings is 1. The summed E-state index contributed by atoms with van der Waals surface area (Å²) in [5.74, 6) is 0.447. The van der Waals surface area contributed by atoms with Crippen LogP contribution < -0.4 is 5.73 Å². The maximum absolute atomic E-state index is 10.9. The molecule has 2 heterocycles. The number of nitrogens with two attached hydrogens (primary N) is 1. The second kappa shape index (κ2) is 6.13. The zero-order chi connectivity index (χ0) is 19.2. The van der Waals surface area contributed by atoms with Crippen LogP contribution in [0.2, 0.25) is 0 Å². The fourth-order valence-corrected chi connectivity index (χ4v) is 4.18. The molecule has 4 rings (SSSR count). The average molecular weight is 360 g/mol. The number of aromatic nitrogens is 2. The minimum Gasteiger partial charge on any atom is -0.385 e. The van der Waals surface area contributed by atoms with Gasteiger partial charge in [-0.25, -0.2) is 9.97 Å². The fourth-order valence-electron chi connectivity index (χ4n) is 4.18. The van der Waals surface area contributed by atoms with Gasteiger partial charge in [0, 0.05) is 36.0 Å². The number of hydrogen-bond donors (Lipinski definition) is 2. The molecule has 0 unspecified atom stereocenters. The van der Waals surface area contributed by atoms with Gasteiger partial charge in [0.05, 0.1) is 16.8 Å². The van der Waals surface area contributed by atoms with Crippen LogP contribution in [0.5, 0.6) is 0 Å². The lowest BCUT2D eigenvalue weighted by Crippen LogP contribution is -2.46. The van der Waals surface area contributed by atoms with Gasteiger partial charge in [-0.2, -0.15) is 0 Å². The van der Waals surface area contributed by atoms with E-state index >= 15 is 0 Å². The Morgan fingerprint density at radius 2 is 1.89 bits per heavy atom. The normalized spacial score (nSPS) is 17.9. The highest BCUT2D eigenvalue weighted by Gasteiger charge is 2.48. The van der Waals surface area contributed by atoms with Crippen molar-refractivity contribution in [1.82, 2.24) is 9.97 Å². The molecule has 5 heteroatoms. The van der Waals surface area contributed by atoms with Gasteiger partial charge in [0.25, 0.3) is 0 Å². The van der Waals surface area contributed by atoms with Gasteiger partial charge in [0.15, 0.2) is 0 Å². The largest absolute Gasteiger partial charge is 0.385 e. The molecule has 1 fully saturated rings. The summed E-state index contributed by atoms with van der Waals surface area (Å²) in [7, 11) is 1.70. The molecule has 1 aromatic carbocycles. The van der Waals surface area contributed by atoms with Crippen LogP contribution in [0.25, 0.3) is 22.2 Å². The van der Waals surface area contributed by atoms with Gasteiger partial charge in [-0.3, -0.25) is 4.99 Å². The van der Waals surface area contributed by atoms with Gasteiger partial charge in [-0.1, -0.05) is 32.0 Å². The summed E-state index contributed by atoms with van der Waals surface area (Å²) in [5, 5.41) is 12.0. The second-order valence-corrected chi connectivity index (χ2v) is 8.24. The highest BCUT2D eigenvalue weighted by molar-refractivity contribution is 5.88. The first-order chi connectivity index (χ1) is 12.8. The number of aliphatic imine (C=N–C) groups is 1. The maximum Gasteiger partial charge on any atom is 0.132 e. The third-order valence-corrected chi connectivity index (χ3v) is 5.28. The van der Waals surface area contributed by atoms with E-state index in [0.717, 1.165) is 46.1 Å². The van der Waals surface area contributed by atoms with Crippen LogP contribution in [0.3, 0.4) is 0 Å². The molecule has 3 N–H and O–H groups in total. The lowest BCUT2D eigenvalue weighted by molar-refractivity contribution is -0.119. The van der Waals surface area contributed by atoms with E-state index in [2.05, 4.69) is 23.8 Å². The Morgan fingerprint density at radius 3 is 2.59 bits per heavy atom. The van der Waals surface area contributed by atoms with Crippen molar-refractivity contribution < 1.29 is 5.11 Å². The van der Waals surface area contributed by atoms with Crippen molar-refractivity contribution in [2.45, 2.75) is 32.3 Å². The Bertz CT molecular complexity index is 1050. The summed E-state index contributed by atoms with van der Waals surface area (Å²) in [6, 6.07) is 12.0. The average Bonchev–Trinajstić information content (AvgIpc) is 2.61. The number of aliphatic hydroxyl groups is 1. The van der Waals surface area contributed by atoms with Gasteiger partial charge in [-0.05, 0) is 42.0 Å². The highest BCUT2D eigenvalue weighted by Crippen LogP contribution is 2.53. The standard InChI is InChI=1S/C22H24N4O/c1-21(2)12-22(27,13-21)17-6-4-14-5-7-18(26-19(14)9-17)15-8-16(10-24-3)20(23)25-11-15/h4-11,27H,12-13H2,1-3H3,(H2,23,25). The predicted molar refractivity (Wildman–Crippen MR) is 110 cm³/mol. The molecular weight excluding hydrogens is 336 g/mol. The monoisotopic (exact) mass is 360 g/mol. The molecule has 1 saturated carbocycles. The molecule has 3 aromatic rings. The van der Waals surface area contributed by atoms with Crippen LogP contribution in [0, 0.1) is 5.41 Å². The molecule has 0 bridgehead atoms. The van der Waals surface area contributed by atoms with Crippen molar-refractivity contribution in [2.24, 2.45) is 10.4 Å². The van der Waals surface area contributed by atoms with E-state index in [0.29, 0.717) is 5.82 Å². The van der Waals surface area contributed by atoms with Crippen molar-refractivity contribution in [2.75, 3.05) is 12.8 Å². The van der Waals surface area contributed by atoms with E-state index in [9.17, 15) is 5.11 Å². The summed E-state index contributed by atoms with van der Waals surface area (Å²) in [4.78, 5) is 13.1. The van der Waals surface area contributed by atoms with Crippen LogP contribution in [-0.2, 0) is 5.60 Å². The third-order valence-electron chi connectivity index (χ3n) is 5.28. The second-order valence-electron chi connectivity index (χ2n) is 8.24. The van der Waals surface area contributed by atoms with Gasteiger partial charge in [0.1, 0.15) is 5.82 Å². The Balaban J connectivity index is 1.75. The minimum absolute atomic E-state index is 0.186. The van der Waals surface area contributed by atoms with Crippen LogP contribution in [0.4, 0.5) is 5.82 Å². The summed E-state index contributed by atoms with van der Waals surface area (Å²) in [5.41, 5.74) is 9.63. The van der Waals surface area contributed by atoms with E-state index < -0.39 is 5.60 Å². The quantitative estimate of drug-likeness (QED) is 0.693. The number of fused-ring (bicyclic) bond motifs is 1. The number of anilines is 1. The molecule has 0 amide bonds. The minimum atomic E-state index is -0.747. The first-order valence-corrected chi connectivity index (χ1v) is 9.11. The molecule has 0 atom stereocenters. The Morgan fingerprint density at radius 1 is 1.15 bits per heavy atom. The van der Waals surface area contributed by atoms with Crippen molar-refractivity contribution in [3.63, 3.8) is 0 Å². The van der Waals surface area contributed by atoms with Crippen molar-refractivity contribution in [3.8, 4) is 11.3 Å². The van der Waals surface area contributed by atoms with Gasteiger partial charge >= 0.3 is 0 Å². The van der Waals surface area contributed by atoms with E-state index in [-0.39, 0.29) is 5.41 Å². The SMILES string of the molecule is CN=Cc1cc(-c2ccc3ccc(C4(O)CC(C)(C)C4)cc3n2)cnc1N. The van der Waals surface area contributed by atoms with Crippen LogP contribution >= 0.6 is 0 Å². The van der Waals surface area contributed by atoms with E-state index in [4.69, 9.17) is 10.7 Å². The van der Waals surface area contributed by atoms with Crippen molar-refractivity contribution in [1.29, 1.82) is 0 Å². The Hall–Kier alpha value is -2.79. The van der Waals surface area contributed by atoms with E-state index in [1.165, 1.54) is 0 Å². The lowest BCUT2D eigenvalue weighted by Gasteiger charge is -2.50. The molecule has 0 radical (unpaired) electrons. The topological polar surface area (TPSA) is 84.4 Å². The first kappa shape index (κ1) is 17.6. The molecular formula is C22H24N4O. The maximum atomic E-state index is 10.9. The molecule has 0 spiro atoms. The van der Waals surface area contributed by atoms with Crippen molar-refractivity contribution in [3.05, 3.63) is 53.7 Å². The van der Waals surface area contributed by atoms with E-state index in [1.807, 2.05) is 36.4 Å². The van der Waals surface area contributed by atoms with Gasteiger partial charge in [-0.15, -0.1) is 0 Å². The number of rotatable bonds is 3. The van der Waals surface area contributed by atoms with Crippen LogP contribution in [0.1, 0.15) is 37.8 Å². The zero-order valence-corrected chi connectivity index (χ0v) is 15.9. The Labute approximate surface area is 159 Å².